The predicted molar refractivity (Wildman–Crippen MR) is 130 cm³/mol. The van der Waals surface area contributed by atoms with Crippen LogP contribution in [0.3, 0.4) is 0 Å². The van der Waals surface area contributed by atoms with Crippen molar-refractivity contribution in [1.29, 1.82) is 0 Å². The van der Waals surface area contributed by atoms with Gasteiger partial charge in [0.25, 0.3) is 0 Å². The molecule has 0 bridgehead atoms. The zero-order valence-corrected chi connectivity index (χ0v) is 19.7. The normalized spacial score (nSPS) is 18.3. The molecule has 3 heterocycles. The lowest BCUT2D eigenvalue weighted by Crippen LogP contribution is -2.44. The van der Waals surface area contributed by atoms with Crippen LogP contribution in [0.2, 0.25) is 0 Å². The number of halogens is 2. The number of carbonyl (C=O) groups excluding carboxylic acids is 1. The number of nitrogens with one attached hydrogen (secondary N) is 3. The smallest absolute Gasteiger partial charge is 0.224 e. The van der Waals surface area contributed by atoms with Crippen LogP contribution >= 0.6 is 0 Å². The summed E-state index contributed by atoms with van der Waals surface area (Å²) in [5.41, 5.74) is 3.61. The van der Waals surface area contributed by atoms with Gasteiger partial charge in [-0.15, -0.1) is 0 Å². The van der Waals surface area contributed by atoms with Gasteiger partial charge in [0.1, 0.15) is 17.5 Å². The van der Waals surface area contributed by atoms with Crippen LogP contribution in [0, 0.1) is 5.82 Å². The van der Waals surface area contributed by atoms with Gasteiger partial charge in [-0.1, -0.05) is 26.8 Å². The molecular formula is C25H30F2N6O. The van der Waals surface area contributed by atoms with Crippen molar-refractivity contribution in [3.63, 3.8) is 0 Å². The Hall–Kier alpha value is -3.20. The topological polar surface area (TPSA) is 91.8 Å². The van der Waals surface area contributed by atoms with Gasteiger partial charge in [-0.05, 0) is 36.1 Å². The van der Waals surface area contributed by atoms with Gasteiger partial charge < -0.3 is 16.0 Å². The fourth-order valence-corrected chi connectivity index (χ4v) is 4.10. The number of piperidine rings is 1. The molecule has 180 valence electrons. The number of rotatable bonds is 7. The highest BCUT2D eigenvalue weighted by atomic mass is 19.1. The summed E-state index contributed by atoms with van der Waals surface area (Å²) < 4.78 is 28.4. The predicted octanol–water partition coefficient (Wildman–Crippen LogP) is 4.80. The van der Waals surface area contributed by atoms with E-state index in [1.54, 1.807) is 18.3 Å². The van der Waals surface area contributed by atoms with E-state index in [-0.39, 0.29) is 23.6 Å². The van der Waals surface area contributed by atoms with Crippen LogP contribution in [0.4, 0.5) is 20.4 Å². The maximum Gasteiger partial charge on any atom is 0.224 e. The first-order valence-electron chi connectivity index (χ1n) is 11.7. The van der Waals surface area contributed by atoms with Crippen molar-refractivity contribution < 1.29 is 13.6 Å². The van der Waals surface area contributed by atoms with E-state index in [0.29, 0.717) is 60.6 Å². The van der Waals surface area contributed by atoms with Crippen molar-refractivity contribution >= 4 is 28.6 Å². The molecule has 3 N–H and O–H groups in total. The minimum Gasteiger partial charge on any atom is -0.350 e. The molecule has 0 spiro atoms. The maximum absolute atomic E-state index is 14.7. The molecule has 1 saturated heterocycles. The van der Waals surface area contributed by atoms with E-state index in [9.17, 15) is 13.6 Å². The standard InChI is InChI=1S/C25H30F2N6O/c1-4-5-23(34)32-20-7-6-15(8-19(20)27)21-10-18(14(2)3)24-22(31-21)13-29-25(33-24)30-17-9-16(26)11-28-12-17/h6-8,10,13-14,16-17,28H,4-5,9,11-12H2,1-3H3,(H,32,34)(H,29,30,33)/t16-,17-/m0/s1. The van der Waals surface area contributed by atoms with Gasteiger partial charge in [0.15, 0.2) is 0 Å². The first-order valence-corrected chi connectivity index (χ1v) is 11.7. The second-order valence-electron chi connectivity index (χ2n) is 9.00. The SMILES string of the molecule is CCCC(=O)Nc1ccc(-c2cc(C(C)C)c3nc(N[C@@H]4CNC[C@@H](F)C4)ncc3n2)cc1F. The van der Waals surface area contributed by atoms with E-state index in [1.807, 2.05) is 13.0 Å². The fraction of sp³-hybridized carbons (Fsp3) is 0.440. The molecule has 0 radical (unpaired) electrons. The summed E-state index contributed by atoms with van der Waals surface area (Å²) in [5.74, 6) is -0.162. The molecule has 4 rings (SSSR count). The van der Waals surface area contributed by atoms with Crippen molar-refractivity contribution in [3.05, 3.63) is 41.8 Å². The highest BCUT2D eigenvalue weighted by Crippen LogP contribution is 2.30. The number of carbonyl (C=O) groups is 1. The number of anilines is 2. The van der Waals surface area contributed by atoms with Crippen molar-refractivity contribution in [2.24, 2.45) is 0 Å². The third kappa shape index (κ3) is 5.47. The third-order valence-corrected chi connectivity index (χ3v) is 5.84. The first-order chi connectivity index (χ1) is 16.3. The Labute approximate surface area is 197 Å². The lowest BCUT2D eigenvalue weighted by molar-refractivity contribution is -0.116. The van der Waals surface area contributed by atoms with E-state index in [4.69, 9.17) is 0 Å². The van der Waals surface area contributed by atoms with Crippen molar-refractivity contribution in [2.45, 2.75) is 58.2 Å². The molecule has 1 aliphatic rings. The molecule has 34 heavy (non-hydrogen) atoms. The summed E-state index contributed by atoms with van der Waals surface area (Å²) in [7, 11) is 0. The molecule has 1 aliphatic heterocycles. The largest absolute Gasteiger partial charge is 0.350 e. The Kier molecular flexibility index (Phi) is 7.31. The van der Waals surface area contributed by atoms with Crippen LogP contribution in [0.25, 0.3) is 22.3 Å². The number of benzene rings is 1. The summed E-state index contributed by atoms with van der Waals surface area (Å²) in [5, 5.41) is 8.88. The van der Waals surface area contributed by atoms with Gasteiger partial charge in [0.2, 0.25) is 11.9 Å². The number of fused-ring (bicyclic) bond motifs is 1. The summed E-state index contributed by atoms with van der Waals surface area (Å²) >= 11 is 0. The second kappa shape index (κ2) is 10.4. The van der Waals surface area contributed by atoms with Gasteiger partial charge in [-0.25, -0.2) is 23.7 Å². The number of hydrogen-bond acceptors (Lipinski definition) is 6. The Balaban J connectivity index is 1.64. The first kappa shape index (κ1) is 23.9. The minimum absolute atomic E-state index is 0.0877. The van der Waals surface area contributed by atoms with Crippen LogP contribution in [-0.4, -0.2) is 46.2 Å². The monoisotopic (exact) mass is 468 g/mol. The molecule has 0 unspecified atom stereocenters. The summed E-state index contributed by atoms with van der Waals surface area (Å²) in [6.07, 6.45) is 2.18. The fourth-order valence-electron chi connectivity index (χ4n) is 4.10. The number of amides is 1. The summed E-state index contributed by atoms with van der Waals surface area (Å²) in [6.45, 7) is 7.02. The molecule has 3 aromatic rings. The summed E-state index contributed by atoms with van der Waals surface area (Å²) in [6, 6.07) is 6.49. The molecule has 1 amide bonds. The average Bonchev–Trinajstić information content (AvgIpc) is 2.80. The zero-order chi connectivity index (χ0) is 24.2. The van der Waals surface area contributed by atoms with Crippen LogP contribution in [0.15, 0.2) is 30.5 Å². The van der Waals surface area contributed by atoms with Crippen molar-refractivity contribution in [1.82, 2.24) is 20.3 Å². The van der Waals surface area contributed by atoms with Gasteiger partial charge in [-0.2, -0.15) is 0 Å². The number of nitrogens with zero attached hydrogens (tertiary/aromatic N) is 3. The van der Waals surface area contributed by atoms with E-state index in [1.165, 1.54) is 6.07 Å². The molecule has 0 aliphatic carbocycles. The Bertz CT molecular complexity index is 1190. The number of pyridine rings is 1. The van der Waals surface area contributed by atoms with E-state index in [2.05, 4.69) is 44.7 Å². The third-order valence-electron chi connectivity index (χ3n) is 5.84. The van der Waals surface area contributed by atoms with Crippen LogP contribution < -0.4 is 16.0 Å². The lowest BCUT2D eigenvalue weighted by atomic mass is 9.99. The van der Waals surface area contributed by atoms with Gasteiger partial charge in [0, 0.05) is 37.5 Å². The average molecular weight is 469 g/mol. The minimum atomic E-state index is -0.895. The van der Waals surface area contributed by atoms with Crippen molar-refractivity contribution in [3.8, 4) is 11.3 Å². The lowest BCUT2D eigenvalue weighted by Gasteiger charge is -2.26. The number of aromatic nitrogens is 3. The van der Waals surface area contributed by atoms with E-state index in [0.717, 1.165) is 5.56 Å². The Morgan fingerprint density at radius 2 is 2.06 bits per heavy atom. The van der Waals surface area contributed by atoms with Crippen LogP contribution in [-0.2, 0) is 4.79 Å². The highest BCUT2D eigenvalue weighted by molar-refractivity contribution is 5.91. The molecule has 0 saturated carbocycles. The highest BCUT2D eigenvalue weighted by Gasteiger charge is 2.22. The molecule has 1 aromatic carbocycles. The molecule has 9 heteroatoms. The molecule has 2 atom stereocenters. The van der Waals surface area contributed by atoms with E-state index >= 15 is 0 Å². The van der Waals surface area contributed by atoms with Gasteiger partial charge in [-0.3, -0.25) is 4.79 Å². The quantitative estimate of drug-likeness (QED) is 0.461. The zero-order valence-electron chi connectivity index (χ0n) is 19.7. The Morgan fingerprint density at radius 3 is 2.76 bits per heavy atom. The Morgan fingerprint density at radius 1 is 1.24 bits per heavy atom. The second-order valence-corrected chi connectivity index (χ2v) is 9.00. The summed E-state index contributed by atoms with van der Waals surface area (Å²) in [4.78, 5) is 25.6. The molecule has 7 nitrogen and oxygen atoms in total. The van der Waals surface area contributed by atoms with Crippen LogP contribution in [0.5, 0.6) is 0 Å². The maximum atomic E-state index is 14.7. The van der Waals surface area contributed by atoms with Gasteiger partial charge in [0.05, 0.1) is 23.1 Å². The van der Waals surface area contributed by atoms with Crippen LogP contribution in [0.1, 0.15) is 51.5 Å². The molecular weight excluding hydrogens is 438 g/mol. The molecule has 2 aromatic heterocycles. The van der Waals surface area contributed by atoms with Crippen molar-refractivity contribution in [2.75, 3.05) is 23.7 Å². The number of hydrogen-bond donors (Lipinski definition) is 3. The van der Waals surface area contributed by atoms with E-state index < -0.39 is 12.0 Å². The molecule has 1 fully saturated rings. The van der Waals surface area contributed by atoms with Gasteiger partial charge >= 0.3 is 0 Å². The number of alkyl halides is 1.